The summed E-state index contributed by atoms with van der Waals surface area (Å²) in [6, 6.07) is 11.2. The highest BCUT2D eigenvalue weighted by molar-refractivity contribution is 5.88. The number of para-hydroxylation sites is 1. The van der Waals surface area contributed by atoms with E-state index in [4.69, 9.17) is 19.2 Å². The number of nitrogens with one attached hydrogen (secondary N) is 2. The molecule has 12 heteroatoms. The predicted octanol–water partition coefficient (Wildman–Crippen LogP) is 1.37. The molecule has 224 valence electrons. The summed E-state index contributed by atoms with van der Waals surface area (Å²) in [5.41, 5.74) is 0.200. The molecule has 0 spiro atoms. The number of aromatic nitrogens is 2. The van der Waals surface area contributed by atoms with Gasteiger partial charge >= 0.3 is 5.97 Å². The van der Waals surface area contributed by atoms with Crippen LogP contribution in [0.1, 0.15) is 43.9 Å². The van der Waals surface area contributed by atoms with Crippen LogP contribution in [-0.4, -0.2) is 72.0 Å². The van der Waals surface area contributed by atoms with E-state index < -0.39 is 29.6 Å². The van der Waals surface area contributed by atoms with Crippen LogP contribution in [0.5, 0.6) is 0 Å². The normalized spacial score (nSPS) is 13.2. The Balaban J connectivity index is 1.52. The van der Waals surface area contributed by atoms with E-state index in [1.807, 2.05) is 30.3 Å². The number of aliphatic hydroxyl groups is 1. The zero-order valence-corrected chi connectivity index (χ0v) is 24.0. The van der Waals surface area contributed by atoms with E-state index in [0.717, 1.165) is 16.5 Å². The minimum absolute atomic E-state index is 0.0264. The Morgan fingerprint density at radius 3 is 2.38 bits per heavy atom. The number of ether oxygens (including phenoxy) is 3. The monoisotopic (exact) mass is 580 g/mol. The van der Waals surface area contributed by atoms with Crippen LogP contribution < -0.4 is 16.2 Å². The number of rotatable bonds is 14. The maximum atomic E-state index is 13.7. The molecule has 42 heavy (non-hydrogen) atoms. The van der Waals surface area contributed by atoms with Crippen LogP contribution in [0, 0.1) is 0 Å². The second-order valence-electron chi connectivity index (χ2n) is 9.96. The average molecular weight is 581 g/mol. The van der Waals surface area contributed by atoms with Crippen LogP contribution in [0.2, 0.25) is 0 Å². The first kappa shape index (κ1) is 30.8. The van der Waals surface area contributed by atoms with Crippen molar-refractivity contribution in [2.75, 3.05) is 39.5 Å². The maximum absolute atomic E-state index is 13.7. The van der Waals surface area contributed by atoms with Crippen molar-refractivity contribution < 1.29 is 33.7 Å². The molecule has 0 radical (unpaired) electrons. The molecule has 12 nitrogen and oxygen atoms in total. The van der Waals surface area contributed by atoms with Crippen LogP contribution in [0.25, 0.3) is 22.3 Å². The molecule has 2 amide bonds. The van der Waals surface area contributed by atoms with E-state index in [2.05, 4.69) is 10.6 Å². The molecule has 3 N–H and O–H groups in total. The van der Waals surface area contributed by atoms with Gasteiger partial charge in [0.1, 0.15) is 6.61 Å². The molecule has 1 aliphatic heterocycles. The largest absolute Gasteiger partial charge is 0.461 e. The Morgan fingerprint density at radius 2 is 1.71 bits per heavy atom. The summed E-state index contributed by atoms with van der Waals surface area (Å²) in [4.78, 5) is 54.4. The van der Waals surface area contributed by atoms with Crippen LogP contribution in [-0.2, 0) is 47.3 Å². The van der Waals surface area contributed by atoms with Crippen LogP contribution in [0.15, 0.2) is 41.2 Å². The van der Waals surface area contributed by atoms with Gasteiger partial charge in [0.05, 0.1) is 55.4 Å². The van der Waals surface area contributed by atoms with Crippen molar-refractivity contribution in [3.05, 3.63) is 63.4 Å². The number of amides is 2. The van der Waals surface area contributed by atoms with Gasteiger partial charge in [0, 0.05) is 43.5 Å². The van der Waals surface area contributed by atoms with Gasteiger partial charge in [0.15, 0.2) is 5.60 Å². The molecule has 1 aromatic carbocycles. The highest BCUT2D eigenvalue weighted by Crippen LogP contribution is 2.36. The summed E-state index contributed by atoms with van der Waals surface area (Å²) in [7, 11) is 0. The number of esters is 1. The van der Waals surface area contributed by atoms with Gasteiger partial charge in [-0.15, -0.1) is 0 Å². The molecule has 0 unspecified atom stereocenters. The Kier molecular flexibility index (Phi) is 10.0. The van der Waals surface area contributed by atoms with Gasteiger partial charge in [-0.3, -0.25) is 19.2 Å². The van der Waals surface area contributed by atoms with Gasteiger partial charge < -0.3 is 34.5 Å². The number of hydrogen-bond donors (Lipinski definition) is 3. The third-order valence-electron chi connectivity index (χ3n) is 7.05. The van der Waals surface area contributed by atoms with Gasteiger partial charge in [-0.1, -0.05) is 25.1 Å². The Labute approximate surface area is 243 Å². The van der Waals surface area contributed by atoms with E-state index >= 15 is 0 Å². The van der Waals surface area contributed by atoms with E-state index in [0.29, 0.717) is 31.1 Å². The molecule has 1 atom stereocenters. The minimum atomic E-state index is -2.09. The van der Waals surface area contributed by atoms with Crippen molar-refractivity contribution >= 4 is 28.7 Å². The summed E-state index contributed by atoms with van der Waals surface area (Å²) in [5, 5.41) is 18.0. The first-order valence-corrected chi connectivity index (χ1v) is 13.9. The fraction of sp³-hybridized carbons (Fsp3) is 0.433. The SMILES string of the molecule is CC[C@@](O)(C(=O)NCCOCCOCCNC(C)=O)c1cc2n(c(=O)c1COC(C)=O)Cc1cc3ccccc3nc1-2. The molecular weight excluding hydrogens is 544 g/mol. The fourth-order valence-corrected chi connectivity index (χ4v) is 4.87. The number of carbonyl (C=O) groups is 3. The fourth-order valence-electron chi connectivity index (χ4n) is 4.87. The molecule has 3 heterocycles. The van der Waals surface area contributed by atoms with Crippen molar-refractivity contribution in [3.8, 4) is 11.4 Å². The number of fused-ring (bicyclic) bond motifs is 4. The average Bonchev–Trinajstić information content (AvgIpc) is 3.33. The van der Waals surface area contributed by atoms with Gasteiger partial charge in [0.25, 0.3) is 11.5 Å². The smallest absolute Gasteiger partial charge is 0.302 e. The first-order valence-electron chi connectivity index (χ1n) is 13.9. The molecule has 0 aliphatic carbocycles. The van der Waals surface area contributed by atoms with E-state index in [-0.39, 0.29) is 49.8 Å². The topological polar surface area (TPSA) is 158 Å². The van der Waals surface area contributed by atoms with Crippen molar-refractivity contribution in [2.45, 2.75) is 45.9 Å². The maximum Gasteiger partial charge on any atom is 0.302 e. The van der Waals surface area contributed by atoms with Crippen molar-refractivity contribution in [1.82, 2.24) is 20.2 Å². The first-order chi connectivity index (χ1) is 20.2. The number of pyridine rings is 2. The predicted molar refractivity (Wildman–Crippen MR) is 154 cm³/mol. The highest BCUT2D eigenvalue weighted by atomic mass is 16.5. The molecule has 0 saturated carbocycles. The van der Waals surface area contributed by atoms with Gasteiger partial charge in [0.2, 0.25) is 5.91 Å². The minimum Gasteiger partial charge on any atom is -0.461 e. The molecule has 4 rings (SSSR count). The Bertz CT molecular complexity index is 1540. The second kappa shape index (κ2) is 13.7. The van der Waals surface area contributed by atoms with Gasteiger partial charge in [-0.2, -0.15) is 0 Å². The van der Waals surface area contributed by atoms with Crippen LogP contribution in [0.4, 0.5) is 0 Å². The van der Waals surface area contributed by atoms with Crippen molar-refractivity contribution in [3.63, 3.8) is 0 Å². The van der Waals surface area contributed by atoms with E-state index in [1.165, 1.54) is 18.4 Å². The number of carbonyl (C=O) groups excluding carboxylic acids is 3. The second-order valence-corrected chi connectivity index (χ2v) is 9.96. The van der Waals surface area contributed by atoms with Gasteiger partial charge in [-0.05, 0) is 24.6 Å². The molecule has 0 bridgehead atoms. The Morgan fingerprint density at radius 1 is 1.02 bits per heavy atom. The van der Waals surface area contributed by atoms with Gasteiger partial charge in [-0.25, -0.2) is 4.98 Å². The van der Waals surface area contributed by atoms with Crippen LogP contribution in [0.3, 0.4) is 0 Å². The zero-order valence-electron chi connectivity index (χ0n) is 24.0. The summed E-state index contributed by atoms with van der Waals surface area (Å²) >= 11 is 0. The molecule has 3 aromatic rings. The quantitative estimate of drug-likeness (QED) is 0.148. The lowest BCUT2D eigenvalue weighted by Crippen LogP contribution is -2.47. The van der Waals surface area contributed by atoms with Crippen molar-refractivity contribution in [1.29, 1.82) is 0 Å². The molecule has 0 fully saturated rings. The summed E-state index contributed by atoms with van der Waals surface area (Å²) < 4.78 is 17.5. The number of nitrogens with zero attached hydrogens (tertiary/aromatic N) is 2. The number of benzene rings is 1. The Hall–Kier alpha value is -4.13. The molecule has 1 aliphatic rings. The molecule has 0 saturated heterocycles. The lowest BCUT2D eigenvalue weighted by Gasteiger charge is -2.29. The zero-order chi connectivity index (χ0) is 30.3. The third-order valence-corrected chi connectivity index (χ3v) is 7.05. The van der Waals surface area contributed by atoms with Crippen LogP contribution >= 0.6 is 0 Å². The lowest BCUT2D eigenvalue weighted by molar-refractivity contribution is -0.142. The lowest BCUT2D eigenvalue weighted by atomic mass is 9.86. The number of hydrogen-bond acceptors (Lipinski definition) is 9. The summed E-state index contributed by atoms with van der Waals surface area (Å²) in [6.45, 7) is 5.79. The summed E-state index contributed by atoms with van der Waals surface area (Å²) in [5.74, 6) is -1.43. The van der Waals surface area contributed by atoms with E-state index in [9.17, 15) is 24.3 Å². The van der Waals surface area contributed by atoms with E-state index in [1.54, 1.807) is 13.0 Å². The third kappa shape index (κ3) is 6.84. The van der Waals surface area contributed by atoms with Crippen molar-refractivity contribution in [2.24, 2.45) is 0 Å². The standard InChI is InChI=1S/C30H36N4O8/c1-4-30(39,29(38)32-10-12-41-14-13-40-11-9-31-19(2)35)24-16-26-27-22(15-21-7-5-6-8-25(21)33-27)17-34(26)28(37)23(24)18-42-20(3)36/h5-8,15-16,39H,4,9-14,17-18H2,1-3H3,(H,31,35)(H,32,38)/t30-/m0/s1. The molecular formula is C30H36N4O8. The molecule has 2 aromatic heterocycles. The summed E-state index contributed by atoms with van der Waals surface area (Å²) in [6.07, 6.45) is -0.0458. The highest BCUT2D eigenvalue weighted by Gasteiger charge is 2.41.